The van der Waals surface area contributed by atoms with E-state index in [-0.39, 0.29) is 0 Å². The second-order valence-electron chi connectivity index (χ2n) is 7.49. The molecule has 0 radical (unpaired) electrons. The summed E-state index contributed by atoms with van der Waals surface area (Å²) in [6.45, 7) is 0. The summed E-state index contributed by atoms with van der Waals surface area (Å²) in [7, 11) is 0. The highest BCUT2D eigenvalue weighted by molar-refractivity contribution is 6.30. The number of hydrogen-bond donors (Lipinski definition) is 1. The van der Waals surface area contributed by atoms with Crippen LogP contribution < -0.4 is 5.32 Å². The highest BCUT2D eigenvalue weighted by atomic mass is 35.5. The lowest BCUT2D eigenvalue weighted by Gasteiger charge is -2.14. The molecule has 0 unspecified atom stereocenters. The van der Waals surface area contributed by atoms with Gasteiger partial charge < -0.3 is 5.32 Å². The molecule has 0 amide bonds. The molecule has 5 rings (SSSR count). The molecule has 5 nitrogen and oxygen atoms in total. The minimum Gasteiger partial charge on any atom is -0.340 e. The highest BCUT2D eigenvalue weighted by Gasteiger charge is 2.30. The van der Waals surface area contributed by atoms with Crippen LogP contribution in [0.15, 0.2) is 48.5 Å². The largest absolute Gasteiger partial charge is 0.416 e. The Balaban J connectivity index is 1.55. The molecule has 4 aromatic rings. The Kier molecular flexibility index (Phi) is 4.81. The van der Waals surface area contributed by atoms with Crippen LogP contribution in [-0.4, -0.2) is 19.6 Å². The van der Waals surface area contributed by atoms with Gasteiger partial charge in [0.05, 0.1) is 11.3 Å². The molecule has 0 saturated carbocycles. The first kappa shape index (κ1) is 19.8. The van der Waals surface area contributed by atoms with E-state index in [9.17, 15) is 13.2 Å². The van der Waals surface area contributed by atoms with Gasteiger partial charge in [-0.15, -0.1) is 5.10 Å². The Labute approximate surface area is 180 Å². The SMILES string of the molecule is FC(F)(F)c1cccc(Nc2c3c(nc4nc(Cc5ccc(Cl)cc5)nn24)CCC3)c1. The Bertz CT molecular complexity index is 1260. The van der Waals surface area contributed by atoms with Crippen molar-refractivity contribution in [1.82, 2.24) is 19.6 Å². The minimum atomic E-state index is -4.41. The van der Waals surface area contributed by atoms with Gasteiger partial charge in [-0.05, 0) is 55.2 Å². The highest BCUT2D eigenvalue weighted by Crippen LogP contribution is 2.34. The molecule has 0 aliphatic heterocycles. The van der Waals surface area contributed by atoms with Crippen LogP contribution in [0, 0.1) is 0 Å². The van der Waals surface area contributed by atoms with Crippen molar-refractivity contribution < 1.29 is 13.2 Å². The Morgan fingerprint density at radius 3 is 2.61 bits per heavy atom. The van der Waals surface area contributed by atoms with Crippen LogP contribution in [0.3, 0.4) is 0 Å². The van der Waals surface area contributed by atoms with Gasteiger partial charge in [-0.1, -0.05) is 29.8 Å². The zero-order valence-electron chi connectivity index (χ0n) is 16.2. The minimum absolute atomic E-state index is 0.339. The molecule has 31 heavy (non-hydrogen) atoms. The Morgan fingerprint density at radius 2 is 1.84 bits per heavy atom. The molecule has 2 aromatic carbocycles. The van der Waals surface area contributed by atoms with E-state index in [1.54, 1.807) is 22.7 Å². The number of hydrogen-bond acceptors (Lipinski definition) is 4. The van der Waals surface area contributed by atoms with Crippen LogP contribution in [0.4, 0.5) is 24.7 Å². The van der Waals surface area contributed by atoms with Crippen LogP contribution in [0.5, 0.6) is 0 Å². The number of nitrogens with one attached hydrogen (secondary N) is 1. The van der Waals surface area contributed by atoms with E-state index in [2.05, 4.69) is 20.4 Å². The molecule has 0 fully saturated rings. The first-order chi connectivity index (χ1) is 14.9. The molecule has 1 aliphatic carbocycles. The summed E-state index contributed by atoms with van der Waals surface area (Å²) in [4.78, 5) is 9.19. The molecule has 0 spiro atoms. The Morgan fingerprint density at radius 1 is 1.03 bits per heavy atom. The third kappa shape index (κ3) is 3.95. The summed E-state index contributed by atoms with van der Waals surface area (Å²) in [5, 5.41) is 8.40. The van der Waals surface area contributed by atoms with Crippen LogP contribution in [0.25, 0.3) is 5.78 Å². The maximum atomic E-state index is 13.1. The smallest absolute Gasteiger partial charge is 0.340 e. The van der Waals surface area contributed by atoms with E-state index >= 15 is 0 Å². The average molecular weight is 444 g/mol. The molecule has 2 aromatic heterocycles. The van der Waals surface area contributed by atoms with Crippen LogP contribution in [0.2, 0.25) is 5.02 Å². The van der Waals surface area contributed by atoms with E-state index in [4.69, 9.17) is 11.6 Å². The summed E-state index contributed by atoms with van der Waals surface area (Å²) in [6, 6.07) is 12.6. The van der Waals surface area contributed by atoms with E-state index in [1.807, 2.05) is 12.1 Å². The van der Waals surface area contributed by atoms with Gasteiger partial charge in [-0.3, -0.25) is 0 Å². The standard InChI is InChI=1S/C22H17ClF3N5/c23-15-9-7-13(8-10-15)11-19-29-21-28-18-6-2-5-17(18)20(31(21)30-19)27-16-4-1-3-14(12-16)22(24,25)26/h1,3-4,7-10,12,27H,2,5-6,11H2. The van der Waals surface area contributed by atoms with E-state index < -0.39 is 11.7 Å². The summed E-state index contributed by atoms with van der Waals surface area (Å²) in [6.07, 6.45) is -1.39. The maximum Gasteiger partial charge on any atom is 0.416 e. The molecule has 0 saturated heterocycles. The normalized spacial score (nSPS) is 13.5. The van der Waals surface area contributed by atoms with E-state index in [1.165, 1.54) is 6.07 Å². The van der Waals surface area contributed by atoms with Gasteiger partial charge in [0.25, 0.3) is 5.78 Å². The lowest BCUT2D eigenvalue weighted by Crippen LogP contribution is -2.09. The summed E-state index contributed by atoms with van der Waals surface area (Å²) >= 11 is 5.95. The summed E-state index contributed by atoms with van der Waals surface area (Å²) in [5.74, 6) is 1.62. The second-order valence-corrected chi connectivity index (χ2v) is 7.92. The van der Waals surface area contributed by atoms with Gasteiger partial charge >= 0.3 is 6.18 Å². The van der Waals surface area contributed by atoms with Crippen molar-refractivity contribution in [1.29, 1.82) is 0 Å². The van der Waals surface area contributed by atoms with Gasteiger partial charge in [0.15, 0.2) is 5.82 Å². The van der Waals surface area contributed by atoms with Gasteiger partial charge in [-0.2, -0.15) is 22.7 Å². The monoisotopic (exact) mass is 443 g/mol. The summed E-state index contributed by atoms with van der Waals surface area (Å²) < 4.78 is 41.0. The van der Waals surface area contributed by atoms with Crippen molar-refractivity contribution in [2.45, 2.75) is 31.9 Å². The first-order valence-electron chi connectivity index (χ1n) is 9.83. The number of aromatic nitrogens is 4. The molecule has 0 bridgehead atoms. The predicted molar refractivity (Wildman–Crippen MR) is 112 cm³/mol. The van der Waals surface area contributed by atoms with Crippen molar-refractivity contribution >= 4 is 28.9 Å². The van der Waals surface area contributed by atoms with Crippen molar-refractivity contribution in [3.8, 4) is 0 Å². The quantitative estimate of drug-likeness (QED) is 0.445. The van der Waals surface area contributed by atoms with Crippen molar-refractivity contribution in [2.75, 3.05) is 5.32 Å². The van der Waals surface area contributed by atoms with Crippen molar-refractivity contribution in [2.24, 2.45) is 0 Å². The lowest BCUT2D eigenvalue weighted by atomic mass is 10.1. The van der Waals surface area contributed by atoms with Crippen LogP contribution >= 0.6 is 11.6 Å². The van der Waals surface area contributed by atoms with Crippen LogP contribution in [0.1, 0.15) is 34.6 Å². The number of fused-ring (bicyclic) bond motifs is 2. The second kappa shape index (κ2) is 7.53. The fraction of sp³-hybridized carbons (Fsp3) is 0.227. The molecular weight excluding hydrogens is 427 g/mol. The first-order valence-corrected chi connectivity index (χ1v) is 10.2. The maximum absolute atomic E-state index is 13.1. The summed E-state index contributed by atoms with van der Waals surface area (Å²) in [5.41, 5.74) is 2.51. The van der Waals surface area contributed by atoms with Crippen molar-refractivity contribution in [3.63, 3.8) is 0 Å². The molecular formula is C22H17ClF3N5. The third-order valence-electron chi connectivity index (χ3n) is 5.28. The van der Waals surface area contributed by atoms with Gasteiger partial charge in [0.2, 0.25) is 0 Å². The van der Waals surface area contributed by atoms with E-state index in [0.29, 0.717) is 34.6 Å². The number of anilines is 2. The number of alkyl halides is 3. The van der Waals surface area contributed by atoms with Gasteiger partial charge in [0, 0.05) is 22.7 Å². The zero-order chi connectivity index (χ0) is 21.6. The van der Waals surface area contributed by atoms with Gasteiger partial charge in [0.1, 0.15) is 5.82 Å². The number of aryl methyl sites for hydroxylation is 1. The predicted octanol–water partition coefficient (Wildman–Crippen LogP) is 5.62. The zero-order valence-corrected chi connectivity index (χ0v) is 17.0. The van der Waals surface area contributed by atoms with Crippen LogP contribution in [-0.2, 0) is 25.4 Å². The van der Waals surface area contributed by atoms with Gasteiger partial charge in [-0.25, -0.2) is 4.98 Å². The topological polar surface area (TPSA) is 55.1 Å². The fourth-order valence-corrected chi connectivity index (χ4v) is 3.95. The third-order valence-corrected chi connectivity index (χ3v) is 5.54. The molecule has 1 N–H and O–H groups in total. The average Bonchev–Trinajstić information content (AvgIpc) is 3.36. The molecule has 9 heteroatoms. The molecule has 0 atom stereocenters. The Hall–Kier alpha value is -3.13. The number of nitrogens with zero attached hydrogens (tertiary/aromatic N) is 4. The van der Waals surface area contributed by atoms with Crippen molar-refractivity contribution in [3.05, 3.63) is 81.8 Å². The lowest BCUT2D eigenvalue weighted by molar-refractivity contribution is -0.137. The number of rotatable bonds is 4. The fourth-order valence-electron chi connectivity index (χ4n) is 3.82. The molecule has 1 aliphatic rings. The number of benzene rings is 2. The number of halogens is 4. The molecule has 158 valence electrons. The van der Waals surface area contributed by atoms with E-state index in [0.717, 1.165) is 48.2 Å². The molecule has 2 heterocycles.